The van der Waals surface area contributed by atoms with Crippen LogP contribution in [0.3, 0.4) is 0 Å². The lowest BCUT2D eigenvalue weighted by Crippen LogP contribution is -2.33. The monoisotopic (exact) mass is 355 g/mol. The van der Waals surface area contributed by atoms with Crippen LogP contribution >= 0.6 is 0 Å². The molecule has 0 fully saturated rings. The Hall–Kier alpha value is -3.22. The van der Waals surface area contributed by atoms with Gasteiger partial charge in [-0.2, -0.15) is 0 Å². The van der Waals surface area contributed by atoms with Gasteiger partial charge in [0.05, 0.1) is 6.54 Å². The smallest absolute Gasteiger partial charge is 0.251 e. The zero-order valence-corrected chi connectivity index (χ0v) is 14.7. The minimum absolute atomic E-state index is 0.126. The van der Waals surface area contributed by atoms with Crippen LogP contribution in [0.1, 0.15) is 10.4 Å². The summed E-state index contributed by atoms with van der Waals surface area (Å²) in [6.45, 7) is 0.867. The summed E-state index contributed by atoms with van der Waals surface area (Å²) in [4.78, 5) is 26.2. The molecule has 0 saturated heterocycles. The highest BCUT2D eigenvalue weighted by Crippen LogP contribution is 2.32. The first-order valence-electron chi connectivity index (χ1n) is 8.28. The van der Waals surface area contributed by atoms with Gasteiger partial charge in [-0.1, -0.05) is 6.07 Å². The van der Waals surface area contributed by atoms with Crippen molar-refractivity contribution in [3.05, 3.63) is 48.0 Å². The van der Waals surface area contributed by atoms with Crippen LogP contribution in [0, 0.1) is 0 Å². The Morgan fingerprint density at radius 2 is 1.81 bits per heavy atom. The summed E-state index contributed by atoms with van der Waals surface area (Å²) in [5.74, 6) is 0.631. The zero-order valence-electron chi connectivity index (χ0n) is 14.7. The Morgan fingerprint density at radius 1 is 1.04 bits per heavy atom. The van der Waals surface area contributed by atoms with E-state index in [1.807, 2.05) is 25.1 Å². The molecular formula is C19H21N3O4. The van der Waals surface area contributed by atoms with E-state index < -0.39 is 0 Å². The third kappa shape index (κ3) is 4.24. The lowest BCUT2D eigenvalue weighted by atomic mass is 10.2. The Morgan fingerprint density at radius 3 is 2.58 bits per heavy atom. The van der Waals surface area contributed by atoms with Gasteiger partial charge >= 0.3 is 0 Å². The Bertz CT molecular complexity index is 820. The number of anilines is 2. The molecule has 0 saturated carbocycles. The number of benzene rings is 2. The second-order valence-corrected chi connectivity index (χ2v) is 6.03. The number of rotatable bonds is 5. The molecule has 0 aliphatic carbocycles. The molecule has 0 spiro atoms. The number of hydrogen-bond acceptors (Lipinski definition) is 5. The van der Waals surface area contributed by atoms with Crippen molar-refractivity contribution < 1.29 is 19.1 Å². The molecular weight excluding hydrogens is 334 g/mol. The SMILES string of the molecule is CN(C)c1cccc(C(=O)NCC(=O)Nc2ccc3c(c2)OCCO3)c1. The average molecular weight is 355 g/mol. The molecule has 136 valence electrons. The number of fused-ring (bicyclic) bond motifs is 1. The largest absolute Gasteiger partial charge is 0.486 e. The standard InChI is InChI=1S/C19H21N3O4/c1-22(2)15-5-3-4-13(10-15)19(24)20-12-18(23)21-14-6-7-16-17(11-14)26-9-8-25-16/h3-7,10-11H,8-9,12H2,1-2H3,(H,20,24)(H,21,23). The quantitative estimate of drug-likeness (QED) is 0.856. The average Bonchev–Trinajstić information content (AvgIpc) is 2.66. The fourth-order valence-corrected chi connectivity index (χ4v) is 2.51. The number of carbonyl (C=O) groups excluding carboxylic acids is 2. The van der Waals surface area contributed by atoms with E-state index in [9.17, 15) is 9.59 Å². The molecule has 2 aromatic rings. The molecule has 1 aliphatic rings. The van der Waals surface area contributed by atoms with E-state index in [2.05, 4.69) is 10.6 Å². The van der Waals surface area contributed by atoms with Crippen LogP contribution in [0.5, 0.6) is 11.5 Å². The van der Waals surface area contributed by atoms with Gasteiger partial charge in [0, 0.05) is 37.1 Å². The molecule has 1 heterocycles. The summed E-state index contributed by atoms with van der Waals surface area (Å²) in [7, 11) is 3.80. The van der Waals surface area contributed by atoms with Gasteiger partial charge in [0.1, 0.15) is 13.2 Å². The number of hydrogen-bond donors (Lipinski definition) is 2. The van der Waals surface area contributed by atoms with Gasteiger partial charge in [-0.25, -0.2) is 0 Å². The number of nitrogens with one attached hydrogen (secondary N) is 2. The molecule has 26 heavy (non-hydrogen) atoms. The summed E-state index contributed by atoms with van der Waals surface area (Å²) in [6.07, 6.45) is 0. The second-order valence-electron chi connectivity index (χ2n) is 6.03. The molecule has 7 heteroatoms. The van der Waals surface area contributed by atoms with Crippen LogP contribution in [-0.4, -0.2) is 45.7 Å². The maximum Gasteiger partial charge on any atom is 0.251 e. The molecule has 0 radical (unpaired) electrons. The molecule has 7 nitrogen and oxygen atoms in total. The van der Waals surface area contributed by atoms with Crippen molar-refractivity contribution in [3.63, 3.8) is 0 Å². The van der Waals surface area contributed by atoms with Gasteiger partial charge in [-0.3, -0.25) is 9.59 Å². The number of ether oxygens (including phenoxy) is 2. The van der Waals surface area contributed by atoms with Crippen molar-refractivity contribution >= 4 is 23.2 Å². The highest BCUT2D eigenvalue weighted by molar-refractivity contribution is 5.99. The fraction of sp³-hybridized carbons (Fsp3) is 0.263. The van der Waals surface area contributed by atoms with Gasteiger partial charge in [0.2, 0.25) is 5.91 Å². The first-order valence-corrected chi connectivity index (χ1v) is 8.28. The van der Waals surface area contributed by atoms with Gasteiger partial charge in [0.25, 0.3) is 5.91 Å². The summed E-state index contributed by atoms with van der Waals surface area (Å²) < 4.78 is 10.9. The van der Waals surface area contributed by atoms with Crippen LogP contribution in [0.2, 0.25) is 0 Å². The number of carbonyl (C=O) groups is 2. The van der Waals surface area contributed by atoms with Gasteiger partial charge < -0.3 is 25.0 Å². The van der Waals surface area contributed by atoms with Crippen LogP contribution < -0.4 is 25.0 Å². The summed E-state index contributed by atoms with van der Waals surface area (Å²) in [6, 6.07) is 12.4. The third-order valence-corrected chi connectivity index (χ3v) is 3.86. The van der Waals surface area contributed by atoms with Crippen molar-refractivity contribution in [2.75, 3.05) is 44.1 Å². The van der Waals surface area contributed by atoms with Crippen molar-refractivity contribution in [3.8, 4) is 11.5 Å². The molecule has 2 N–H and O–H groups in total. The van der Waals surface area contributed by atoms with E-state index >= 15 is 0 Å². The van der Waals surface area contributed by atoms with E-state index in [0.29, 0.717) is 36.0 Å². The van der Waals surface area contributed by atoms with Crippen LogP contribution in [-0.2, 0) is 4.79 Å². The van der Waals surface area contributed by atoms with Gasteiger partial charge in [-0.05, 0) is 30.3 Å². The van der Waals surface area contributed by atoms with Crippen LogP contribution in [0.4, 0.5) is 11.4 Å². The number of amides is 2. The van der Waals surface area contributed by atoms with E-state index in [1.54, 1.807) is 36.4 Å². The minimum Gasteiger partial charge on any atom is -0.486 e. The first-order chi connectivity index (χ1) is 12.5. The van der Waals surface area contributed by atoms with Crippen LogP contribution in [0.15, 0.2) is 42.5 Å². The van der Waals surface area contributed by atoms with E-state index in [1.165, 1.54) is 0 Å². The summed E-state index contributed by atoms with van der Waals surface area (Å²) >= 11 is 0. The van der Waals surface area contributed by atoms with Crippen molar-refractivity contribution in [1.29, 1.82) is 0 Å². The number of nitrogens with zero attached hydrogens (tertiary/aromatic N) is 1. The highest BCUT2D eigenvalue weighted by atomic mass is 16.6. The molecule has 0 unspecified atom stereocenters. The zero-order chi connectivity index (χ0) is 18.5. The van der Waals surface area contributed by atoms with Gasteiger partial charge in [0.15, 0.2) is 11.5 Å². The fourth-order valence-electron chi connectivity index (χ4n) is 2.51. The minimum atomic E-state index is -0.321. The molecule has 0 atom stereocenters. The second kappa shape index (κ2) is 7.77. The van der Waals surface area contributed by atoms with E-state index in [0.717, 1.165) is 5.69 Å². The normalized spacial score (nSPS) is 12.2. The topological polar surface area (TPSA) is 79.9 Å². The Balaban J connectivity index is 1.55. The third-order valence-electron chi connectivity index (χ3n) is 3.86. The lowest BCUT2D eigenvalue weighted by molar-refractivity contribution is -0.115. The molecule has 3 rings (SSSR count). The van der Waals surface area contributed by atoms with E-state index in [4.69, 9.17) is 9.47 Å². The predicted octanol–water partition coefficient (Wildman–Crippen LogP) is 1.89. The van der Waals surface area contributed by atoms with Crippen molar-refractivity contribution in [2.45, 2.75) is 0 Å². The summed E-state index contributed by atoms with van der Waals surface area (Å²) in [5, 5.41) is 5.35. The molecule has 1 aliphatic heterocycles. The maximum absolute atomic E-state index is 12.2. The van der Waals surface area contributed by atoms with Crippen LogP contribution in [0.25, 0.3) is 0 Å². The summed E-state index contributed by atoms with van der Waals surface area (Å²) in [5.41, 5.74) is 2.00. The van der Waals surface area contributed by atoms with Crippen molar-refractivity contribution in [1.82, 2.24) is 5.32 Å². The molecule has 2 amide bonds. The Kier molecular flexibility index (Phi) is 5.26. The molecule has 0 aromatic heterocycles. The first kappa shape index (κ1) is 17.6. The highest BCUT2D eigenvalue weighted by Gasteiger charge is 2.13. The maximum atomic E-state index is 12.2. The lowest BCUT2D eigenvalue weighted by Gasteiger charge is -2.19. The predicted molar refractivity (Wildman–Crippen MR) is 99.2 cm³/mol. The molecule has 0 bridgehead atoms. The van der Waals surface area contributed by atoms with Crippen molar-refractivity contribution in [2.24, 2.45) is 0 Å². The van der Waals surface area contributed by atoms with Gasteiger partial charge in [-0.15, -0.1) is 0 Å². The Labute approximate surface area is 151 Å². The van der Waals surface area contributed by atoms with E-state index in [-0.39, 0.29) is 18.4 Å². The molecule has 2 aromatic carbocycles.